The number of carbonyl (C=O) groups is 2. The highest BCUT2D eigenvalue weighted by atomic mass is 16.5. The first-order valence-electron chi connectivity index (χ1n) is 7.80. The number of nitrogens with zero attached hydrogens (tertiary/aromatic N) is 1. The predicted octanol–water partition coefficient (Wildman–Crippen LogP) is 1.29. The summed E-state index contributed by atoms with van der Waals surface area (Å²) in [6.07, 6.45) is 1.56. The average molecular weight is 319 g/mol. The lowest BCUT2D eigenvalue weighted by atomic mass is 9.87. The number of methoxy groups -OCH3 is 1. The van der Waals surface area contributed by atoms with Crippen LogP contribution in [0.1, 0.15) is 18.4 Å². The molecule has 1 fully saturated rings. The van der Waals surface area contributed by atoms with Crippen LogP contribution in [0.15, 0.2) is 24.3 Å². The van der Waals surface area contributed by atoms with Gasteiger partial charge in [0.25, 0.3) is 0 Å². The topological polar surface area (TPSA) is 76.1 Å². The molecule has 1 aliphatic heterocycles. The van der Waals surface area contributed by atoms with E-state index in [1.54, 1.807) is 0 Å². The van der Waals surface area contributed by atoms with Crippen LogP contribution in [0, 0.1) is 5.92 Å². The molecule has 0 saturated heterocycles. The minimum atomic E-state index is -1.00. The molecule has 1 spiro atoms. The Hall–Kier alpha value is -2.08. The van der Waals surface area contributed by atoms with E-state index in [-0.39, 0.29) is 23.8 Å². The van der Waals surface area contributed by atoms with Gasteiger partial charge in [0, 0.05) is 30.6 Å². The Balaban J connectivity index is 1.78. The largest absolute Gasteiger partial charge is 0.493 e. The molecule has 6 heteroatoms. The third kappa shape index (κ3) is 2.91. The first kappa shape index (κ1) is 15.8. The lowest BCUT2D eigenvalue weighted by Gasteiger charge is -2.28. The number of rotatable bonds is 6. The zero-order valence-corrected chi connectivity index (χ0v) is 13.2. The Morgan fingerprint density at radius 1 is 1.43 bits per heavy atom. The first-order chi connectivity index (χ1) is 11.1. The van der Waals surface area contributed by atoms with Crippen LogP contribution >= 0.6 is 0 Å². The maximum Gasteiger partial charge on any atom is 0.323 e. The smallest absolute Gasteiger partial charge is 0.323 e. The number of fused-ring (bicyclic) bond motifs is 2. The Labute approximate surface area is 135 Å². The summed E-state index contributed by atoms with van der Waals surface area (Å²) < 4.78 is 10.7. The molecule has 0 unspecified atom stereocenters. The van der Waals surface area contributed by atoms with Crippen molar-refractivity contribution in [3.8, 4) is 5.75 Å². The number of hydrogen-bond donors (Lipinski definition) is 1. The molecule has 124 valence electrons. The van der Waals surface area contributed by atoms with Gasteiger partial charge in [0.05, 0.1) is 13.2 Å². The number of ether oxygens (including phenoxy) is 2. The maximum atomic E-state index is 12.8. The molecule has 3 rings (SSSR count). The maximum absolute atomic E-state index is 12.8. The van der Waals surface area contributed by atoms with Gasteiger partial charge in [-0.15, -0.1) is 0 Å². The van der Waals surface area contributed by atoms with Gasteiger partial charge in [0.2, 0.25) is 5.91 Å². The third-order valence-electron chi connectivity index (χ3n) is 4.81. The SMILES string of the molecule is COCCN(CC(=O)O)C(=O)[C@@H]1C[C@]12CCOc1ccccc12. The van der Waals surface area contributed by atoms with E-state index in [0.29, 0.717) is 19.8 Å². The average Bonchev–Trinajstić information content (AvgIpc) is 3.25. The van der Waals surface area contributed by atoms with Crippen molar-refractivity contribution in [3.05, 3.63) is 29.8 Å². The Kier molecular flexibility index (Phi) is 4.26. The molecule has 1 N–H and O–H groups in total. The molecule has 2 atom stereocenters. The van der Waals surface area contributed by atoms with Crippen molar-refractivity contribution in [2.24, 2.45) is 5.92 Å². The highest BCUT2D eigenvalue weighted by Gasteiger charge is 2.61. The summed E-state index contributed by atoms with van der Waals surface area (Å²) in [7, 11) is 1.54. The minimum absolute atomic E-state index is 0.0962. The highest BCUT2D eigenvalue weighted by Crippen LogP contribution is 2.61. The van der Waals surface area contributed by atoms with Crippen molar-refractivity contribution in [2.75, 3.05) is 33.4 Å². The van der Waals surface area contributed by atoms with Crippen LogP contribution in [0.2, 0.25) is 0 Å². The summed E-state index contributed by atoms with van der Waals surface area (Å²) in [6.45, 7) is 0.940. The monoisotopic (exact) mass is 319 g/mol. The molecular formula is C17H21NO5. The number of amides is 1. The van der Waals surface area contributed by atoms with Crippen molar-refractivity contribution in [2.45, 2.75) is 18.3 Å². The van der Waals surface area contributed by atoms with Gasteiger partial charge in [-0.05, 0) is 18.9 Å². The van der Waals surface area contributed by atoms with Crippen LogP contribution < -0.4 is 4.74 Å². The van der Waals surface area contributed by atoms with Crippen LogP contribution in [-0.4, -0.2) is 55.3 Å². The molecule has 1 aliphatic carbocycles. The van der Waals surface area contributed by atoms with Crippen LogP contribution in [0.3, 0.4) is 0 Å². The third-order valence-corrected chi connectivity index (χ3v) is 4.81. The van der Waals surface area contributed by atoms with Gasteiger partial charge in [-0.25, -0.2) is 0 Å². The number of carboxylic acid groups (broad SMARTS) is 1. The summed E-state index contributed by atoms with van der Waals surface area (Å²) in [4.78, 5) is 25.2. The van der Waals surface area contributed by atoms with Crippen LogP contribution in [0.5, 0.6) is 5.75 Å². The fourth-order valence-corrected chi connectivity index (χ4v) is 3.54. The number of carboxylic acids is 1. The molecule has 0 radical (unpaired) electrons. The van der Waals surface area contributed by atoms with E-state index in [4.69, 9.17) is 14.6 Å². The molecule has 23 heavy (non-hydrogen) atoms. The fourth-order valence-electron chi connectivity index (χ4n) is 3.54. The standard InChI is InChI=1S/C17H21NO5/c1-22-9-7-18(11-15(19)20)16(21)13-10-17(13)6-8-23-14-5-3-2-4-12(14)17/h2-5,13H,6-11H2,1H3,(H,19,20)/t13-,17-/m0/s1. The van der Waals surface area contributed by atoms with Crippen molar-refractivity contribution in [1.82, 2.24) is 4.90 Å². The normalized spacial score (nSPS) is 24.7. The van der Waals surface area contributed by atoms with Crippen molar-refractivity contribution >= 4 is 11.9 Å². The molecule has 1 aromatic rings. The molecule has 0 aromatic heterocycles. The quantitative estimate of drug-likeness (QED) is 0.855. The van der Waals surface area contributed by atoms with Gasteiger partial charge in [0.1, 0.15) is 12.3 Å². The molecule has 1 aromatic carbocycles. The van der Waals surface area contributed by atoms with Gasteiger partial charge in [-0.3, -0.25) is 9.59 Å². The summed E-state index contributed by atoms with van der Waals surface area (Å²) in [5.74, 6) is -0.419. The molecule has 2 aliphatic rings. The zero-order valence-electron chi connectivity index (χ0n) is 13.2. The van der Waals surface area contributed by atoms with E-state index in [9.17, 15) is 9.59 Å². The molecule has 0 bridgehead atoms. The molecule has 1 heterocycles. The Morgan fingerprint density at radius 3 is 2.96 bits per heavy atom. The molecule has 1 amide bonds. The van der Waals surface area contributed by atoms with Gasteiger partial charge in [0.15, 0.2) is 0 Å². The summed E-state index contributed by atoms with van der Waals surface area (Å²) in [5, 5.41) is 9.04. The van der Waals surface area contributed by atoms with Gasteiger partial charge < -0.3 is 19.5 Å². The van der Waals surface area contributed by atoms with E-state index in [1.807, 2.05) is 24.3 Å². The molecular weight excluding hydrogens is 298 g/mol. The van der Waals surface area contributed by atoms with E-state index >= 15 is 0 Å². The number of carbonyl (C=O) groups excluding carboxylic acids is 1. The van der Waals surface area contributed by atoms with Crippen molar-refractivity contribution in [1.29, 1.82) is 0 Å². The van der Waals surface area contributed by atoms with E-state index in [2.05, 4.69) is 0 Å². The van der Waals surface area contributed by atoms with E-state index in [0.717, 1.165) is 24.2 Å². The predicted molar refractivity (Wildman–Crippen MR) is 82.4 cm³/mol. The van der Waals surface area contributed by atoms with Crippen LogP contribution in [0.4, 0.5) is 0 Å². The summed E-state index contributed by atoms with van der Waals surface area (Å²) in [5.41, 5.74) is 0.891. The Morgan fingerprint density at radius 2 is 2.22 bits per heavy atom. The van der Waals surface area contributed by atoms with E-state index < -0.39 is 5.97 Å². The summed E-state index contributed by atoms with van der Waals surface area (Å²) in [6, 6.07) is 7.82. The second-order valence-corrected chi connectivity index (χ2v) is 6.15. The van der Waals surface area contributed by atoms with Crippen LogP contribution in [-0.2, 0) is 19.7 Å². The van der Waals surface area contributed by atoms with Gasteiger partial charge >= 0.3 is 5.97 Å². The number of hydrogen-bond acceptors (Lipinski definition) is 4. The van der Waals surface area contributed by atoms with Crippen LogP contribution in [0.25, 0.3) is 0 Å². The number of para-hydroxylation sites is 1. The second kappa shape index (κ2) is 6.20. The Bertz CT molecular complexity index is 617. The minimum Gasteiger partial charge on any atom is -0.493 e. The molecule has 1 saturated carbocycles. The number of benzene rings is 1. The first-order valence-corrected chi connectivity index (χ1v) is 7.80. The molecule has 6 nitrogen and oxygen atoms in total. The highest BCUT2D eigenvalue weighted by molar-refractivity contribution is 5.87. The van der Waals surface area contributed by atoms with Crippen molar-refractivity contribution in [3.63, 3.8) is 0 Å². The van der Waals surface area contributed by atoms with Gasteiger partial charge in [-0.1, -0.05) is 18.2 Å². The number of aliphatic carboxylic acids is 1. The second-order valence-electron chi connectivity index (χ2n) is 6.15. The zero-order chi connectivity index (χ0) is 16.4. The van der Waals surface area contributed by atoms with E-state index in [1.165, 1.54) is 12.0 Å². The van der Waals surface area contributed by atoms with Crippen molar-refractivity contribution < 1.29 is 24.2 Å². The summed E-state index contributed by atoms with van der Waals surface area (Å²) >= 11 is 0. The van der Waals surface area contributed by atoms with Gasteiger partial charge in [-0.2, -0.15) is 0 Å². The lowest BCUT2D eigenvalue weighted by molar-refractivity contribution is -0.145. The lowest BCUT2D eigenvalue weighted by Crippen LogP contribution is -2.40. The fraction of sp³-hybridized carbons (Fsp3) is 0.529.